The van der Waals surface area contributed by atoms with Crippen LogP contribution in [0.15, 0.2) is 18.2 Å². The predicted octanol–water partition coefficient (Wildman–Crippen LogP) is 3.35. The summed E-state index contributed by atoms with van der Waals surface area (Å²) < 4.78 is 19.3. The Balaban J connectivity index is 0.00000400. The van der Waals surface area contributed by atoms with Crippen LogP contribution in [0, 0.1) is 11.2 Å². The second-order valence-electron chi connectivity index (χ2n) is 6.14. The van der Waals surface area contributed by atoms with Crippen LogP contribution >= 0.6 is 12.4 Å². The number of hydrogen-bond donors (Lipinski definition) is 2. The zero-order chi connectivity index (χ0) is 15.5. The average Bonchev–Trinajstić information content (AvgIpc) is 2.29. The number of rotatable bonds is 4. The number of anilines is 1. The molecule has 0 heterocycles. The van der Waals surface area contributed by atoms with Gasteiger partial charge < -0.3 is 15.8 Å². The fourth-order valence-electron chi connectivity index (χ4n) is 1.55. The van der Waals surface area contributed by atoms with Gasteiger partial charge in [0.2, 0.25) is 5.91 Å². The summed E-state index contributed by atoms with van der Waals surface area (Å²) in [6.45, 7) is 9.28. The number of halogens is 2. The van der Waals surface area contributed by atoms with Gasteiger partial charge in [-0.2, -0.15) is 0 Å². The van der Waals surface area contributed by atoms with Gasteiger partial charge in [0.15, 0.2) is 0 Å². The van der Waals surface area contributed by atoms with E-state index in [9.17, 15) is 9.18 Å². The van der Waals surface area contributed by atoms with Crippen molar-refractivity contribution < 1.29 is 13.9 Å². The molecule has 1 rings (SSSR count). The fraction of sp³-hybridized carbons (Fsp3) is 0.533. The first-order valence-electron chi connectivity index (χ1n) is 6.64. The van der Waals surface area contributed by atoms with E-state index < -0.39 is 17.8 Å². The summed E-state index contributed by atoms with van der Waals surface area (Å²) in [5.74, 6) is -0.526. The molecule has 0 aliphatic heterocycles. The highest BCUT2D eigenvalue weighted by Gasteiger charge is 2.27. The minimum Gasteiger partial charge on any atom is -0.491 e. The van der Waals surface area contributed by atoms with Gasteiger partial charge in [-0.25, -0.2) is 4.39 Å². The molecule has 0 saturated heterocycles. The van der Waals surface area contributed by atoms with Gasteiger partial charge in [-0.3, -0.25) is 4.79 Å². The topological polar surface area (TPSA) is 64.3 Å². The molecule has 1 atom stereocenters. The molecule has 0 bridgehead atoms. The van der Waals surface area contributed by atoms with Crippen molar-refractivity contribution in [2.45, 2.75) is 46.8 Å². The van der Waals surface area contributed by atoms with Crippen LogP contribution < -0.4 is 15.8 Å². The third kappa shape index (κ3) is 5.89. The molecule has 120 valence electrons. The maximum Gasteiger partial charge on any atom is 0.241 e. The Morgan fingerprint density at radius 1 is 1.33 bits per heavy atom. The second kappa shape index (κ2) is 7.61. The Kier molecular flexibility index (Phi) is 7.13. The van der Waals surface area contributed by atoms with Gasteiger partial charge in [0.05, 0.1) is 17.8 Å². The van der Waals surface area contributed by atoms with Crippen LogP contribution in [0.25, 0.3) is 0 Å². The number of carbonyl (C=O) groups is 1. The zero-order valence-electron chi connectivity index (χ0n) is 13.1. The van der Waals surface area contributed by atoms with Crippen LogP contribution in [0.3, 0.4) is 0 Å². The van der Waals surface area contributed by atoms with E-state index in [0.717, 1.165) is 0 Å². The molecule has 0 saturated carbocycles. The number of carbonyl (C=O) groups excluding carboxylic acids is 1. The Bertz CT molecular complexity index is 487. The normalized spacial score (nSPS) is 12.6. The van der Waals surface area contributed by atoms with Crippen molar-refractivity contribution in [3.05, 3.63) is 24.0 Å². The van der Waals surface area contributed by atoms with Crippen molar-refractivity contribution in [3.8, 4) is 5.75 Å². The molecule has 0 aliphatic carbocycles. The molecule has 1 aromatic rings. The lowest BCUT2D eigenvalue weighted by atomic mass is 9.87. The fourth-order valence-corrected chi connectivity index (χ4v) is 1.55. The molecule has 1 amide bonds. The van der Waals surface area contributed by atoms with Gasteiger partial charge in [0.1, 0.15) is 11.6 Å². The van der Waals surface area contributed by atoms with Gasteiger partial charge >= 0.3 is 0 Å². The van der Waals surface area contributed by atoms with Crippen LogP contribution in [0.5, 0.6) is 5.75 Å². The van der Waals surface area contributed by atoms with Crippen LogP contribution in [0.1, 0.15) is 34.6 Å². The Labute approximate surface area is 131 Å². The van der Waals surface area contributed by atoms with Gasteiger partial charge in [-0.05, 0) is 31.4 Å². The summed E-state index contributed by atoms with van der Waals surface area (Å²) in [7, 11) is 0. The highest BCUT2D eigenvalue weighted by molar-refractivity contribution is 5.95. The summed E-state index contributed by atoms with van der Waals surface area (Å²) in [6.07, 6.45) is -0.0378. The van der Waals surface area contributed by atoms with Crippen molar-refractivity contribution in [3.63, 3.8) is 0 Å². The van der Waals surface area contributed by atoms with Crippen LogP contribution in [0.4, 0.5) is 10.1 Å². The molecule has 0 spiro atoms. The lowest BCUT2D eigenvalue weighted by Crippen LogP contribution is -2.45. The molecular weight excluding hydrogens is 295 g/mol. The standard InChI is InChI=1S/C15H23FN2O2.ClH/c1-9(2)20-10-6-7-12(11(16)8-10)18-14(19)13(17)15(3,4)5;/h6-9,13H,17H2,1-5H3,(H,18,19);1H/t13-;/m1./s1. The summed E-state index contributed by atoms with van der Waals surface area (Å²) in [5.41, 5.74) is 5.54. The third-order valence-corrected chi connectivity index (χ3v) is 2.79. The molecule has 3 N–H and O–H groups in total. The van der Waals surface area contributed by atoms with Crippen molar-refractivity contribution in [2.24, 2.45) is 11.1 Å². The molecule has 21 heavy (non-hydrogen) atoms. The first-order chi connectivity index (χ1) is 9.11. The lowest BCUT2D eigenvalue weighted by molar-refractivity contribution is -0.119. The molecule has 0 radical (unpaired) electrons. The summed E-state index contributed by atoms with van der Waals surface area (Å²) in [5, 5.41) is 2.50. The van der Waals surface area contributed by atoms with Gasteiger partial charge in [0, 0.05) is 6.07 Å². The molecule has 1 aromatic carbocycles. The molecule has 0 aliphatic rings. The molecule has 0 aromatic heterocycles. The molecule has 6 heteroatoms. The average molecular weight is 319 g/mol. The van der Waals surface area contributed by atoms with Crippen LogP contribution in [-0.2, 0) is 4.79 Å². The van der Waals surface area contributed by atoms with Crippen LogP contribution in [0.2, 0.25) is 0 Å². The number of ether oxygens (including phenoxy) is 1. The number of benzene rings is 1. The van der Waals surface area contributed by atoms with Crippen molar-refractivity contribution >= 4 is 24.0 Å². The maximum atomic E-state index is 13.9. The Morgan fingerprint density at radius 3 is 2.33 bits per heavy atom. The third-order valence-electron chi connectivity index (χ3n) is 2.79. The second-order valence-corrected chi connectivity index (χ2v) is 6.14. The molecular formula is C15H24ClFN2O2. The first-order valence-corrected chi connectivity index (χ1v) is 6.64. The van der Waals surface area contributed by atoms with Gasteiger partial charge in [-0.15, -0.1) is 12.4 Å². The van der Waals surface area contributed by atoms with E-state index in [1.165, 1.54) is 12.1 Å². The van der Waals surface area contributed by atoms with E-state index >= 15 is 0 Å². The smallest absolute Gasteiger partial charge is 0.241 e. The molecule has 0 fully saturated rings. The van der Waals surface area contributed by atoms with E-state index in [1.807, 2.05) is 34.6 Å². The van der Waals surface area contributed by atoms with Crippen molar-refractivity contribution in [2.75, 3.05) is 5.32 Å². The van der Waals surface area contributed by atoms with E-state index in [0.29, 0.717) is 5.75 Å². The SMILES string of the molecule is CC(C)Oc1ccc(NC(=O)[C@@H](N)C(C)(C)C)c(F)c1.Cl. The maximum absolute atomic E-state index is 13.9. The van der Waals surface area contributed by atoms with E-state index in [1.54, 1.807) is 6.07 Å². The van der Waals surface area contributed by atoms with Gasteiger partial charge in [0.25, 0.3) is 0 Å². The summed E-state index contributed by atoms with van der Waals surface area (Å²) in [6, 6.07) is 3.62. The monoisotopic (exact) mass is 318 g/mol. The number of hydrogen-bond acceptors (Lipinski definition) is 3. The number of nitrogens with one attached hydrogen (secondary N) is 1. The van der Waals surface area contributed by atoms with Crippen molar-refractivity contribution in [1.29, 1.82) is 0 Å². The number of nitrogens with two attached hydrogens (primary N) is 1. The zero-order valence-corrected chi connectivity index (χ0v) is 13.9. The highest BCUT2D eigenvalue weighted by Crippen LogP contribution is 2.23. The largest absolute Gasteiger partial charge is 0.491 e. The summed E-state index contributed by atoms with van der Waals surface area (Å²) >= 11 is 0. The highest BCUT2D eigenvalue weighted by atomic mass is 35.5. The van der Waals surface area contributed by atoms with E-state index in [-0.39, 0.29) is 29.6 Å². The minimum atomic E-state index is -0.714. The summed E-state index contributed by atoms with van der Waals surface area (Å²) in [4.78, 5) is 11.9. The Morgan fingerprint density at radius 2 is 1.90 bits per heavy atom. The predicted molar refractivity (Wildman–Crippen MR) is 85.5 cm³/mol. The molecule has 0 unspecified atom stereocenters. The molecule has 4 nitrogen and oxygen atoms in total. The van der Waals surface area contributed by atoms with Crippen molar-refractivity contribution in [1.82, 2.24) is 0 Å². The first kappa shape index (κ1) is 19.7. The number of amides is 1. The Hall–Kier alpha value is -1.33. The van der Waals surface area contributed by atoms with Gasteiger partial charge in [-0.1, -0.05) is 20.8 Å². The van der Waals surface area contributed by atoms with E-state index in [2.05, 4.69) is 5.32 Å². The quantitative estimate of drug-likeness (QED) is 0.894. The van der Waals surface area contributed by atoms with Crippen LogP contribution in [-0.4, -0.2) is 18.1 Å². The lowest BCUT2D eigenvalue weighted by Gasteiger charge is -2.25. The van der Waals surface area contributed by atoms with E-state index in [4.69, 9.17) is 10.5 Å². The minimum absolute atomic E-state index is 0.